The van der Waals surface area contributed by atoms with Crippen LogP contribution in [-0.2, 0) is 6.54 Å². The minimum atomic E-state index is -0.136. The summed E-state index contributed by atoms with van der Waals surface area (Å²) in [4.78, 5) is 0. The second-order valence-corrected chi connectivity index (χ2v) is 4.49. The van der Waals surface area contributed by atoms with Gasteiger partial charge in [0.05, 0.1) is 12.2 Å². The summed E-state index contributed by atoms with van der Waals surface area (Å²) in [5.41, 5.74) is 2.99. The van der Waals surface area contributed by atoms with E-state index in [1.807, 2.05) is 48.9 Å². The molecule has 0 amide bonds. The van der Waals surface area contributed by atoms with Crippen LogP contribution in [-0.4, -0.2) is 28.1 Å². The van der Waals surface area contributed by atoms with Crippen molar-refractivity contribution in [2.75, 3.05) is 13.2 Å². The van der Waals surface area contributed by atoms with Gasteiger partial charge in [-0.3, -0.25) is 4.68 Å². The fourth-order valence-electron chi connectivity index (χ4n) is 1.96. The molecule has 0 bridgehead atoms. The molecule has 1 N–H and O–H groups in total. The van der Waals surface area contributed by atoms with Gasteiger partial charge >= 0.3 is 0 Å². The summed E-state index contributed by atoms with van der Waals surface area (Å²) < 4.78 is 7.64. The van der Waals surface area contributed by atoms with Crippen LogP contribution in [0.2, 0.25) is 0 Å². The first kappa shape index (κ1) is 14.2. The molecule has 0 aliphatic heterocycles. The van der Waals surface area contributed by atoms with Gasteiger partial charge in [0.25, 0.3) is 0 Å². The van der Waals surface area contributed by atoms with E-state index < -0.39 is 0 Å². The van der Waals surface area contributed by atoms with Crippen LogP contribution in [0.15, 0.2) is 30.3 Å². The minimum Gasteiger partial charge on any atom is -0.492 e. The topological polar surface area (TPSA) is 47.3 Å². The third kappa shape index (κ3) is 3.87. The Hall–Kier alpha value is -2.25. The standard InChI is InChI=1S/C16H18N2O2/c1-13-11-14(2)18(17-13)8-10-20-16-7-3-5-15(12-16)6-4-9-19/h3,5,7,11-12,19H,8-10H2,1-2H3. The number of aromatic nitrogens is 2. The van der Waals surface area contributed by atoms with Gasteiger partial charge in [0.1, 0.15) is 19.0 Å². The molecule has 4 heteroatoms. The molecule has 0 aliphatic rings. The lowest BCUT2D eigenvalue weighted by molar-refractivity contribution is 0.289. The number of aliphatic hydroxyl groups is 1. The second kappa shape index (κ2) is 6.78. The van der Waals surface area contributed by atoms with E-state index in [4.69, 9.17) is 9.84 Å². The fourth-order valence-corrected chi connectivity index (χ4v) is 1.96. The molecule has 0 radical (unpaired) electrons. The highest BCUT2D eigenvalue weighted by molar-refractivity contribution is 5.39. The maximum absolute atomic E-state index is 8.68. The molecule has 0 fully saturated rings. The van der Waals surface area contributed by atoms with Crippen molar-refractivity contribution in [1.82, 2.24) is 9.78 Å². The molecule has 2 rings (SSSR count). The van der Waals surface area contributed by atoms with Crippen LogP contribution in [0, 0.1) is 25.7 Å². The van der Waals surface area contributed by atoms with Gasteiger partial charge in [-0.2, -0.15) is 5.10 Å². The molecule has 2 aromatic rings. The molecular weight excluding hydrogens is 252 g/mol. The van der Waals surface area contributed by atoms with Gasteiger partial charge in [0.15, 0.2) is 0 Å². The number of hydrogen-bond acceptors (Lipinski definition) is 3. The predicted molar refractivity (Wildman–Crippen MR) is 77.6 cm³/mol. The van der Waals surface area contributed by atoms with Crippen molar-refractivity contribution in [3.8, 4) is 17.6 Å². The van der Waals surface area contributed by atoms with Crippen molar-refractivity contribution >= 4 is 0 Å². The molecule has 0 saturated carbocycles. The van der Waals surface area contributed by atoms with E-state index >= 15 is 0 Å². The van der Waals surface area contributed by atoms with Crippen molar-refractivity contribution in [3.05, 3.63) is 47.3 Å². The zero-order valence-corrected chi connectivity index (χ0v) is 11.8. The summed E-state index contributed by atoms with van der Waals surface area (Å²) in [6, 6.07) is 9.58. The predicted octanol–water partition coefficient (Wildman–Crippen LogP) is 1.92. The maximum Gasteiger partial charge on any atom is 0.120 e. The van der Waals surface area contributed by atoms with Crippen LogP contribution >= 0.6 is 0 Å². The summed E-state index contributed by atoms with van der Waals surface area (Å²) in [6.45, 7) is 5.15. The van der Waals surface area contributed by atoms with Gasteiger partial charge in [-0.05, 0) is 38.1 Å². The number of hydrogen-bond donors (Lipinski definition) is 1. The number of rotatable bonds is 4. The fraction of sp³-hybridized carbons (Fsp3) is 0.312. The molecule has 1 heterocycles. The van der Waals surface area contributed by atoms with Gasteiger partial charge in [-0.1, -0.05) is 17.9 Å². The zero-order chi connectivity index (χ0) is 14.4. The van der Waals surface area contributed by atoms with E-state index in [9.17, 15) is 0 Å². The van der Waals surface area contributed by atoms with Crippen LogP contribution in [0.4, 0.5) is 0 Å². The molecule has 0 unspecified atom stereocenters. The number of benzene rings is 1. The van der Waals surface area contributed by atoms with E-state index in [0.717, 1.165) is 22.7 Å². The van der Waals surface area contributed by atoms with Crippen LogP contribution in [0.25, 0.3) is 0 Å². The Morgan fingerprint density at radius 1 is 1.30 bits per heavy atom. The zero-order valence-electron chi connectivity index (χ0n) is 11.8. The Balaban J connectivity index is 1.92. The molecule has 0 atom stereocenters. The van der Waals surface area contributed by atoms with Crippen molar-refractivity contribution in [2.24, 2.45) is 0 Å². The van der Waals surface area contributed by atoms with E-state index in [0.29, 0.717) is 13.2 Å². The monoisotopic (exact) mass is 270 g/mol. The quantitative estimate of drug-likeness (QED) is 0.863. The number of aliphatic hydroxyl groups excluding tert-OH is 1. The normalized spacial score (nSPS) is 9.95. The summed E-state index contributed by atoms with van der Waals surface area (Å²) in [5, 5.41) is 13.1. The lowest BCUT2D eigenvalue weighted by Crippen LogP contribution is -2.10. The molecule has 104 valence electrons. The molecule has 20 heavy (non-hydrogen) atoms. The minimum absolute atomic E-state index is 0.136. The van der Waals surface area contributed by atoms with E-state index in [1.165, 1.54) is 0 Å². The van der Waals surface area contributed by atoms with Gasteiger partial charge in [-0.25, -0.2) is 0 Å². The summed E-state index contributed by atoms with van der Waals surface area (Å²) in [6.07, 6.45) is 0. The molecule has 1 aromatic carbocycles. The highest BCUT2D eigenvalue weighted by Crippen LogP contribution is 2.12. The molecule has 4 nitrogen and oxygen atoms in total. The van der Waals surface area contributed by atoms with Crippen molar-refractivity contribution in [2.45, 2.75) is 20.4 Å². The molecule has 0 spiro atoms. The Morgan fingerprint density at radius 2 is 2.15 bits per heavy atom. The van der Waals surface area contributed by atoms with E-state index in [1.54, 1.807) is 0 Å². The van der Waals surface area contributed by atoms with E-state index in [2.05, 4.69) is 16.9 Å². The summed E-state index contributed by atoms with van der Waals surface area (Å²) in [5.74, 6) is 6.25. The second-order valence-electron chi connectivity index (χ2n) is 4.49. The maximum atomic E-state index is 8.68. The largest absolute Gasteiger partial charge is 0.492 e. The number of aryl methyl sites for hydroxylation is 2. The highest BCUT2D eigenvalue weighted by atomic mass is 16.5. The third-order valence-electron chi connectivity index (χ3n) is 2.82. The highest BCUT2D eigenvalue weighted by Gasteiger charge is 2.01. The number of nitrogens with zero attached hydrogens (tertiary/aromatic N) is 2. The summed E-state index contributed by atoms with van der Waals surface area (Å²) in [7, 11) is 0. The average Bonchev–Trinajstić information content (AvgIpc) is 2.75. The van der Waals surface area contributed by atoms with Gasteiger partial charge < -0.3 is 9.84 Å². The SMILES string of the molecule is Cc1cc(C)n(CCOc2cccc(C#CCO)c2)n1. The summed E-state index contributed by atoms with van der Waals surface area (Å²) >= 11 is 0. The van der Waals surface area contributed by atoms with Gasteiger partial charge in [-0.15, -0.1) is 0 Å². The first-order valence-corrected chi connectivity index (χ1v) is 6.52. The van der Waals surface area contributed by atoms with Crippen LogP contribution in [0.1, 0.15) is 17.0 Å². The average molecular weight is 270 g/mol. The molecule has 0 aliphatic carbocycles. The smallest absolute Gasteiger partial charge is 0.120 e. The van der Waals surface area contributed by atoms with Crippen molar-refractivity contribution in [3.63, 3.8) is 0 Å². The van der Waals surface area contributed by atoms with Crippen LogP contribution in [0.5, 0.6) is 5.75 Å². The third-order valence-corrected chi connectivity index (χ3v) is 2.82. The first-order valence-electron chi connectivity index (χ1n) is 6.52. The van der Waals surface area contributed by atoms with Crippen molar-refractivity contribution < 1.29 is 9.84 Å². The van der Waals surface area contributed by atoms with Gasteiger partial charge in [0, 0.05) is 11.3 Å². The molecule has 1 aromatic heterocycles. The molecular formula is C16H18N2O2. The van der Waals surface area contributed by atoms with Crippen molar-refractivity contribution in [1.29, 1.82) is 0 Å². The van der Waals surface area contributed by atoms with Gasteiger partial charge in [0.2, 0.25) is 0 Å². The first-order chi connectivity index (χ1) is 9.69. The Bertz CT molecular complexity index is 635. The van der Waals surface area contributed by atoms with E-state index in [-0.39, 0.29) is 6.61 Å². The Labute approximate surface area is 119 Å². The Morgan fingerprint density at radius 3 is 2.85 bits per heavy atom. The van der Waals surface area contributed by atoms with Crippen LogP contribution in [0.3, 0.4) is 0 Å². The Kier molecular flexibility index (Phi) is 4.80. The molecule has 0 saturated heterocycles. The lowest BCUT2D eigenvalue weighted by atomic mass is 10.2. The van der Waals surface area contributed by atoms with Crippen LogP contribution < -0.4 is 4.74 Å². The number of ether oxygens (including phenoxy) is 1. The lowest BCUT2D eigenvalue weighted by Gasteiger charge is -2.08.